The smallest absolute Gasteiger partial charge is 0.262 e. The molecule has 1 heterocycles. The second kappa shape index (κ2) is 8.82. The predicted molar refractivity (Wildman–Crippen MR) is 117 cm³/mol. The molecule has 1 aliphatic carbocycles. The van der Waals surface area contributed by atoms with Gasteiger partial charge in [-0.25, -0.2) is 4.98 Å². The molecule has 1 fully saturated rings. The molecular formula is C23H25N3O2S. The van der Waals surface area contributed by atoms with Crippen LogP contribution in [0.1, 0.15) is 38.2 Å². The molecule has 1 aliphatic rings. The molecule has 150 valence electrons. The summed E-state index contributed by atoms with van der Waals surface area (Å²) >= 11 is 1.35. The predicted octanol–water partition coefficient (Wildman–Crippen LogP) is 3.98. The molecule has 6 heteroatoms. The first-order valence-corrected chi connectivity index (χ1v) is 11.0. The third-order valence-corrected chi connectivity index (χ3v) is 6.45. The van der Waals surface area contributed by atoms with Gasteiger partial charge in [-0.2, -0.15) is 0 Å². The molecule has 1 N–H and O–H groups in total. The number of hydrogen-bond donors (Lipinski definition) is 1. The number of hydrogen-bond acceptors (Lipinski definition) is 4. The summed E-state index contributed by atoms with van der Waals surface area (Å²) in [6, 6.07) is 17.5. The lowest BCUT2D eigenvalue weighted by Crippen LogP contribution is -2.38. The van der Waals surface area contributed by atoms with Crippen molar-refractivity contribution >= 4 is 28.6 Å². The van der Waals surface area contributed by atoms with Crippen molar-refractivity contribution in [3.8, 4) is 0 Å². The zero-order chi connectivity index (χ0) is 20.2. The molecule has 3 aromatic rings. The van der Waals surface area contributed by atoms with Gasteiger partial charge in [-0.1, -0.05) is 67.1 Å². The Labute approximate surface area is 174 Å². The lowest BCUT2D eigenvalue weighted by atomic mass is 10.2. The molecule has 5 nitrogen and oxygen atoms in total. The number of nitrogens with one attached hydrogen (secondary N) is 1. The van der Waals surface area contributed by atoms with E-state index in [1.54, 1.807) is 10.6 Å². The number of thioether (sulfide) groups is 1. The molecule has 2 aromatic carbocycles. The average Bonchev–Trinajstić information content (AvgIpc) is 3.24. The lowest BCUT2D eigenvalue weighted by molar-refractivity contribution is -0.120. The van der Waals surface area contributed by atoms with Crippen LogP contribution in [0.15, 0.2) is 64.5 Å². The van der Waals surface area contributed by atoms with Crippen molar-refractivity contribution in [2.75, 3.05) is 0 Å². The second-order valence-corrected chi connectivity index (χ2v) is 8.85. The molecule has 1 amide bonds. The standard InChI is InChI=1S/C23H25N3O2S/c1-16(21(27)24-18-11-5-6-12-18)29-23-25-20-14-8-7-13-19(20)22(28)26(23)15-17-9-3-2-4-10-17/h2-4,7-10,13-14,16,18H,5-6,11-12,15H2,1H3,(H,24,27)/t16-/m0/s1. The van der Waals surface area contributed by atoms with E-state index < -0.39 is 0 Å². The molecule has 0 spiro atoms. The fourth-order valence-electron chi connectivity index (χ4n) is 3.74. The first kappa shape index (κ1) is 19.7. The van der Waals surface area contributed by atoms with E-state index in [4.69, 9.17) is 4.98 Å². The maximum absolute atomic E-state index is 13.2. The van der Waals surface area contributed by atoms with Crippen LogP contribution in [-0.2, 0) is 11.3 Å². The average molecular weight is 408 g/mol. The van der Waals surface area contributed by atoms with Crippen molar-refractivity contribution in [3.63, 3.8) is 0 Å². The van der Waals surface area contributed by atoms with E-state index in [9.17, 15) is 9.59 Å². The summed E-state index contributed by atoms with van der Waals surface area (Å²) in [5.74, 6) is 0.00979. The van der Waals surface area contributed by atoms with Gasteiger partial charge in [0.2, 0.25) is 5.91 Å². The van der Waals surface area contributed by atoms with Crippen LogP contribution in [0.5, 0.6) is 0 Å². The van der Waals surface area contributed by atoms with Crippen LogP contribution in [0.4, 0.5) is 0 Å². The van der Waals surface area contributed by atoms with E-state index in [0.717, 1.165) is 18.4 Å². The highest BCUT2D eigenvalue weighted by Crippen LogP contribution is 2.25. The van der Waals surface area contributed by atoms with Crippen molar-refractivity contribution < 1.29 is 4.79 Å². The number of carbonyl (C=O) groups is 1. The number of aromatic nitrogens is 2. The number of fused-ring (bicyclic) bond motifs is 1. The Morgan fingerprint density at radius 1 is 1.14 bits per heavy atom. The Hall–Kier alpha value is -2.60. The van der Waals surface area contributed by atoms with Crippen LogP contribution in [-0.4, -0.2) is 26.8 Å². The molecule has 4 rings (SSSR count). The van der Waals surface area contributed by atoms with Crippen LogP contribution in [0, 0.1) is 0 Å². The van der Waals surface area contributed by atoms with Gasteiger partial charge in [-0.15, -0.1) is 0 Å². The van der Waals surface area contributed by atoms with Gasteiger partial charge >= 0.3 is 0 Å². The van der Waals surface area contributed by atoms with E-state index in [-0.39, 0.29) is 22.8 Å². The van der Waals surface area contributed by atoms with E-state index >= 15 is 0 Å². The first-order valence-electron chi connectivity index (χ1n) is 10.1. The topological polar surface area (TPSA) is 64.0 Å². The third-order valence-electron chi connectivity index (χ3n) is 5.36. The normalized spacial score (nSPS) is 15.5. The number of para-hydroxylation sites is 1. The van der Waals surface area contributed by atoms with Gasteiger partial charge in [0.1, 0.15) is 0 Å². The first-order chi connectivity index (χ1) is 14.1. The number of benzene rings is 2. The molecule has 0 radical (unpaired) electrons. The maximum Gasteiger partial charge on any atom is 0.262 e. The number of nitrogens with zero attached hydrogens (tertiary/aromatic N) is 2. The van der Waals surface area contributed by atoms with Crippen LogP contribution in [0.2, 0.25) is 0 Å². The number of amides is 1. The highest BCUT2D eigenvalue weighted by molar-refractivity contribution is 8.00. The number of carbonyl (C=O) groups excluding carboxylic acids is 1. The summed E-state index contributed by atoms with van der Waals surface area (Å²) in [6.07, 6.45) is 4.46. The fourth-order valence-corrected chi connectivity index (χ4v) is 4.66. The van der Waals surface area contributed by atoms with E-state index in [1.165, 1.54) is 24.6 Å². The zero-order valence-electron chi connectivity index (χ0n) is 16.5. The summed E-state index contributed by atoms with van der Waals surface area (Å²) in [4.78, 5) is 30.6. The largest absolute Gasteiger partial charge is 0.352 e. The fraction of sp³-hybridized carbons (Fsp3) is 0.348. The lowest BCUT2D eigenvalue weighted by Gasteiger charge is -2.18. The monoisotopic (exact) mass is 407 g/mol. The molecule has 1 saturated carbocycles. The van der Waals surface area contributed by atoms with Crippen molar-refractivity contribution in [1.82, 2.24) is 14.9 Å². The van der Waals surface area contributed by atoms with Crippen molar-refractivity contribution in [3.05, 3.63) is 70.5 Å². The Kier molecular flexibility index (Phi) is 6.00. The summed E-state index contributed by atoms with van der Waals surface area (Å²) in [6.45, 7) is 2.31. The van der Waals surface area contributed by atoms with Crippen LogP contribution in [0.3, 0.4) is 0 Å². The van der Waals surface area contributed by atoms with Gasteiger partial charge in [0, 0.05) is 6.04 Å². The SMILES string of the molecule is C[C@H](Sc1nc2ccccc2c(=O)n1Cc1ccccc1)C(=O)NC1CCCC1. The van der Waals surface area contributed by atoms with Crippen molar-refractivity contribution in [2.45, 2.75) is 55.6 Å². The maximum atomic E-state index is 13.2. The summed E-state index contributed by atoms with van der Waals surface area (Å²) in [7, 11) is 0. The van der Waals surface area contributed by atoms with Crippen LogP contribution < -0.4 is 10.9 Å². The van der Waals surface area contributed by atoms with Gasteiger partial charge in [0.25, 0.3) is 5.56 Å². The minimum Gasteiger partial charge on any atom is -0.352 e. The molecule has 0 saturated heterocycles. The molecule has 1 aromatic heterocycles. The molecule has 29 heavy (non-hydrogen) atoms. The van der Waals surface area contributed by atoms with E-state index in [1.807, 2.05) is 55.5 Å². The van der Waals surface area contributed by atoms with Gasteiger partial charge in [-0.05, 0) is 37.5 Å². The Bertz CT molecular complexity index is 1060. The van der Waals surface area contributed by atoms with E-state index in [0.29, 0.717) is 22.6 Å². The second-order valence-electron chi connectivity index (χ2n) is 7.54. The van der Waals surface area contributed by atoms with Gasteiger partial charge in [0.05, 0.1) is 22.7 Å². The highest BCUT2D eigenvalue weighted by atomic mass is 32.2. The molecule has 0 unspecified atom stereocenters. The van der Waals surface area contributed by atoms with Gasteiger partial charge in [0.15, 0.2) is 5.16 Å². The quantitative estimate of drug-likeness (QED) is 0.496. The molecule has 1 atom stereocenters. The van der Waals surface area contributed by atoms with Gasteiger partial charge in [-0.3, -0.25) is 14.2 Å². The van der Waals surface area contributed by atoms with Gasteiger partial charge < -0.3 is 5.32 Å². The van der Waals surface area contributed by atoms with Crippen LogP contribution in [0.25, 0.3) is 10.9 Å². The Morgan fingerprint density at radius 2 is 1.83 bits per heavy atom. The summed E-state index contributed by atoms with van der Waals surface area (Å²) in [5, 5.41) is 3.99. The summed E-state index contributed by atoms with van der Waals surface area (Å²) < 4.78 is 1.68. The Morgan fingerprint density at radius 3 is 2.59 bits per heavy atom. The van der Waals surface area contributed by atoms with Crippen LogP contribution >= 0.6 is 11.8 Å². The molecule has 0 aliphatic heterocycles. The zero-order valence-corrected chi connectivity index (χ0v) is 17.3. The van der Waals surface area contributed by atoms with Crippen molar-refractivity contribution in [2.24, 2.45) is 0 Å². The molecule has 0 bridgehead atoms. The third kappa shape index (κ3) is 4.53. The Balaban J connectivity index is 1.65. The van der Waals surface area contributed by atoms with E-state index in [2.05, 4.69) is 5.32 Å². The minimum absolute atomic E-state index is 0.00979. The minimum atomic E-state index is -0.328. The highest BCUT2D eigenvalue weighted by Gasteiger charge is 2.23. The van der Waals surface area contributed by atoms with Crippen molar-refractivity contribution in [1.29, 1.82) is 0 Å². The molecular weight excluding hydrogens is 382 g/mol. The number of rotatable bonds is 6. The summed E-state index contributed by atoms with van der Waals surface area (Å²) in [5.41, 5.74) is 1.61.